The molecule has 0 aliphatic carbocycles. The summed E-state index contributed by atoms with van der Waals surface area (Å²) in [6, 6.07) is 13.5. The number of nitrogens with two attached hydrogens (primary N) is 1. The number of hydrogen-bond donors (Lipinski definition) is 2. The lowest BCUT2D eigenvalue weighted by Gasteiger charge is -2.12. The largest absolute Gasteiger partial charge is 0.465 e. The smallest absolute Gasteiger partial charge is 0.126 e. The quantitative estimate of drug-likeness (QED) is 0.848. The van der Waals surface area contributed by atoms with E-state index in [0.717, 1.165) is 16.9 Å². The molecule has 1 aromatic heterocycles. The minimum atomic E-state index is -0.258. The van der Waals surface area contributed by atoms with Gasteiger partial charge in [-0.3, -0.25) is 0 Å². The average Bonchev–Trinajstić information content (AvgIpc) is 2.92. The van der Waals surface area contributed by atoms with Crippen molar-refractivity contribution in [2.24, 2.45) is 5.73 Å². The minimum Gasteiger partial charge on any atom is -0.465 e. The number of benzene rings is 1. The van der Waals surface area contributed by atoms with Crippen LogP contribution in [0.5, 0.6) is 0 Å². The molecule has 1 unspecified atom stereocenters. The van der Waals surface area contributed by atoms with E-state index in [1.54, 1.807) is 6.26 Å². The molecule has 94 valence electrons. The molecule has 0 saturated heterocycles. The molecule has 0 radical (unpaired) electrons. The summed E-state index contributed by atoms with van der Waals surface area (Å²) >= 11 is 0. The highest BCUT2D eigenvalue weighted by molar-refractivity contribution is 5.80. The van der Waals surface area contributed by atoms with Gasteiger partial charge < -0.3 is 15.3 Å². The van der Waals surface area contributed by atoms with Crippen LogP contribution in [0.2, 0.25) is 0 Å². The molecule has 0 fully saturated rings. The Morgan fingerprint density at radius 2 is 2.00 bits per heavy atom. The third kappa shape index (κ3) is 3.32. The van der Waals surface area contributed by atoms with Crippen LogP contribution in [0, 0.1) is 0 Å². The van der Waals surface area contributed by atoms with Crippen molar-refractivity contribution in [1.82, 2.24) is 0 Å². The predicted molar refractivity (Wildman–Crippen MR) is 72.7 cm³/mol. The van der Waals surface area contributed by atoms with Crippen LogP contribution in [0.4, 0.5) is 0 Å². The number of furan rings is 1. The summed E-state index contributed by atoms with van der Waals surface area (Å²) in [6.45, 7) is -0.0255. The molecule has 0 aliphatic rings. The molecule has 3 nitrogen and oxygen atoms in total. The normalized spacial score (nSPS) is 13.6. The third-order valence-electron chi connectivity index (χ3n) is 2.72. The molecule has 3 N–H and O–H groups in total. The predicted octanol–water partition coefficient (Wildman–Crippen LogP) is 2.53. The molecule has 2 aromatic rings. The van der Waals surface area contributed by atoms with E-state index >= 15 is 0 Å². The summed E-state index contributed by atoms with van der Waals surface area (Å²) in [5.74, 6) is 0.791. The van der Waals surface area contributed by atoms with Gasteiger partial charge in [-0.25, -0.2) is 0 Å². The van der Waals surface area contributed by atoms with Crippen LogP contribution in [0.1, 0.15) is 17.7 Å². The van der Waals surface area contributed by atoms with Crippen molar-refractivity contribution >= 4 is 11.6 Å². The molecule has 0 aliphatic heterocycles. The summed E-state index contributed by atoms with van der Waals surface area (Å²) in [5, 5.41) is 9.08. The first-order chi connectivity index (χ1) is 8.79. The van der Waals surface area contributed by atoms with Crippen molar-refractivity contribution in [3.8, 4) is 0 Å². The van der Waals surface area contributed by atoms with Gasteiger partial charge >= 0.3 is 0 Å². The second kappa shape index (κ2) is 6.19. The standard InChI is InChI=1S/C15H17NO2/c16-14(11-17)9-13(10-15-7-4-8-18-15)12-5-2-1-3-6-12/h1-8,10,14,17H,9,11,16H2/b13-10+. The van der Waals surface area contributed by atoms with E-state index in [-0.39, 0.29) is 12.6 Å². The monoisotopic (exact) mass is 243 g/mol. The molecule has 1 aromatic carbocycles. The summed E-state index contributed by atoms with van der Waals surface area (Å²) in [4.78, 5) is 0. The zero-order valence-electron chi connectivity index (χ0n) is 10.1. The van der Waals surface area contributed by atoms with Crippen LogP contribution in [-0.4, -0.2) is 17.8 Å². The van der Waals surface area contributed by atoms with Crippen molar-refractivity contribution in [3.63, 3.8) is 0 Å². The maximum atomic E-state index is 9.08. The molecule has 0 bridgehead atoms. The van der Waals surface area contributed by atoms with Gasteiger partial charge in [0.25, 0.3) is 0 Å². The molecule has 0 saturated carbocycles. The zero-order valence-corrected chi connectivity index (χ0v) is 10.1. The first kappa shape index (κ1) is 12.6. The maximum absolute atomic E-state index is 9.08. The Morgan fingerprint density at radius 3 is 2.61 bits per heavy atom. The minimum absolute atomic E-state index is 0.0255. The summed E-state index contributed by atoms with van der Waals surface area (Å²) in [5.41, 5.74) is 7.98. The van der Waals surface area contributed by atoms with Gasteiger partial charge in [0.2, 0.25) is 0 Å². The summed E-state index contributed by atoms with van der Waals surface area (Å²) < 4.78 is 5.32. The Hall–Kier alpha value is -1.84. The number of rotatable bonds is 5. The van der Waals surface area contributed by atoms with Crippen molar-refractivity contribution in [2.75, 3.05) is 6.61 Å². The van der Waals surface area contributed by atoms with E-state index in [4.69, 9.17) is 15.3 Å². The second-order valence-electron chi connectivity index (χ2n) is 4.20. The van der Waals surface area contributed by atoms with Gasteiger partial charge in [0.15, 0.2) is 0 Å². The number of aliphatic hydroxyl groups excluding tert-OH is 1. The van der Waals surface area contributed by atoms with Crippen LogP contribution in [0.25, 0.3) is 11.6 Å². The molecule has 18 heavy (non-hydrogen) atoms. The lowest BCUT2D eigenvalue weighted by molar-refractivity contribution is 0.268. The van der Waals surface area contributed by atoms with Crippen LogP contribution < -0.4 is 5.73 Å². The number of hydrogen-bond acceptors (Lipinski definition) is 3. The van der Waals surface area contributed by atoms with E-state index in [0.29, 0.717) is 6.42 Å². The molecular formula is C15H17NO2. The molecule has 1 atom stereocenters. The van der Waals surface area contributed by atoms with Crippen LogP contribution in [0.3, 0.4) is 0 Å². The van der Waals surface area contributed by atoms with Crippen molar-refractivity contribution in [1.29, 1.82) is 0 Å². The average molecular weight is 243 g/mol. The fraction of sp³-hybridized carbons (Fsp3) is 0.200. The molecule has 1 heterocycles. The fourth-order valence-electron chi connectivity index (χ4n) is 1.80. The van der Waals surface area contributed by atoms with Gasteiger partial charge in [-0.15, -0.1) is 0 Å². The van der Waals surface area contributed by atoms with E-state index in [9.17, 15) is 0 Å². The van der Waals surface area contributed by atoms with Crippen LogP contribution in [-0.2, 0) is 0 Å². The molecule has 3 heteroatoms. The molecule has 0 spiro atoms. The SMILES string of the molecule is NC(CO)C/C(=C\c1ccco1)c1ccccc1. The van der Waals surface area contributed by atoms with Gasteiger partial charge in [0, 0.05) is 6.04 Å². The Bertz CT molecular complexity index is 488. The number of aliphatic hydroxyl groups is 1. The van der Waals surface area contributed by atoms with Crippen molar-refractivity contribution < 1.29 is 9.52 Å². The first-order valence-electron chi connectivity index (χ1n) is 5.95. The molecule has 2 rings (SSSR count). The van der Waals surface area contributed by atoms with E-state index in [2.05, 4.69) is 0 Å². The van der Waals surface area contributed by atoms with Gasteiger partial charge in [-0.05, 0) is 35.8 Å². The lowest BCUT2D eigenvalue weighted by Crippen LogP contribution is -2.24. The Balaban J connectivity index is 2.29. The van der Waals surface area contributed by atoms with Crippen molar-refractivity contribution in [2.45, 2.75) is 12.5 Å². The van der Waals surface area contributed by atoms with E-state index in [1.165, 1.54) is 0 Å². The Morgan fingerprint density at radius 1 is 1.22 bits per heavy atom. The van der Waals surface area contributed by atoms with Crippen LogP contribution >= 0.6 is 0 Å². The summed E-state index contributed by atoms with van der Waals surface area (Å²) in [7, 11) is 0. The highest BCUT2D eigenvalue weighted by Crippen LogP contribution is 2.22. The zero-order chi connectivity index (χ0) is 12.8. The summed E-state index contributed by atoms with van der Waals surface area (Å²) in [6.07, 6.45) is 4.21. The van der Waals surface area contributed by atoms with Gasteiger partial charge in [-0.1, -0.05) is 30.3 Å². The highest BCUT2D eigenvalue weighted by atomic mass is 16.3. The first-order valence-corrected chi connectivity index (χ1v) is 5.95. The molecule has 0 amide bonds. The Kier molecular flexibility index (Phi) is 4.34. The van der Waals surface area contributed by atoms with E-state index in [1.807, 2.05) is 48.5 Å². The molecular weight excluding hydrogens is 226 g/mol. The van der Waals surface area contributed by atoms with Gasteiger partial charge in [-0.2, -0.15) is 0 Å². The lowest BCUT2D eigenvalue weighted by atomic mass is 9.98. The van der Waals surface area contributed by atoms with E-state index < -0.39 is 0 Å². The van der Waals surface area contributed by atoms with Crippen molar-refractivity contribution in [3.05, 3.63) is 60.1 Å². The Labute approximate surface area is 107 Å². The van der Waals surface area contributed by atoms with Gasteiger partial charge in [0.05, 0.1) is 12.9 Å². The fourth-order valence-corrected chi connectivity index (χ4v) is 1.80. The highest BCUT2D eigenvalue weighted by Gasteiger charge is 2.08. The third-order valence-corrected chi connectivity index (χ3v) is 2.72. The van der Waals surface area contributed by atoms with Crippen LogP contribution in [0.15, 0.2) is 53.1 Å². The maximum Gasteiger partial charge on any atom is 0.126 e. The second-order valence-corrected chi connectivity index (χ2v) is 4.20. The van der Waals surface area contributed by atoms with Gasteiger partial charge in [0.1, 0.15) is 5.76 Å². The topological polar surface area (TPSA) is 59.4 Å².